The number of thioether (sulfide) groups is 1. The van der Waals surface area contributed by atoms with Crippen molar-refractivity contribution in [2.45, 2.75) is 4.90 Å². The van der Waals surface area contributed by atoms with Crippen LogP contribution >= 0.6 is 24.0 Å². The van der Waals surface area contributed by atoms with Crippen LogP contribution in [0.5, 0.6) is 5.75 Å². The molecule has 0 saturated carbocycles. The van der Waals surface area contributed by atoms with E-state index in [9.17, 15) is 8.42 Å². The van der Waals surface area contributed by atoms with Gasteiger partial charge in [-0.25, -0.2) is 4.99 Å². The molecule has 1 N–H and O–H groups in total. The van der Waals surface area contributed by atoms with Crippen molar-refractivity contribution in [1.29, 1.82) is 0 Å². The van der Waals surface area contributed by atoms with Crippen LogP contribution in [0.4, 0.5) is 11.4 Å². The monoisotopic (exact) mass is 477 g/mol. The van der Waals surface area contributed by atoms with Crippen LogP contribution < -0.4 is 10.1 Å². The summed E-state index contributed by atoms with van der Waals surface area (Å²) in [6, 6.07) is 13.8. The molecule has 11 heteroatoms. The summed E-state index contributed by atoms with van der Waals surface area (Å²) < 4.78 is 33.5. The molecule has 1 fully saturated rings. The van der Waals surface area contributed by atoms with E-state index in [1.807, 2.05) is 29.2 Å². The van der Waals surface area contributed by atoms with Gasteiger partial charge < -0.3 is 15.0 Å². The number of hydrogen-bond acceptors (Lipinski definition) is 6. The molecule has 0 unspecified atom stereocenters. The Morgan fingerprint density at radius 2 is 1.94 bits per heavy atom. The predicted octanol–water partition coefficient (Wildman–Crippen LogP) is 3.41. The summed E-state index contributed by atoms with van der Waals surface area (Å²) >= 11 is 7.18. The van der Waals surface area contributed by atoms with Crippen molar-refractivity contribution in [3.8, 4) is 5.75 Å². The van der Waals surface area contributed by atoms with Crippen LogP contribution in [0, 0.1) is 0 Å². The number of sulfonamides is 1. The largest absolute Gasteiger partial charge is 0.494 e. The van der Waals surface area contributed by atoms with Crippen LogP contribution in [0.25, 0.3) is 0 Å². The normalized spacial score (nSPS) is 15.5. The minimum absolute atomic E-state index is 0.109. The number of amidine groups is 1. The number of rotatable bonds is 6. The van der Waals surface area contributed by atoms with Crippen molar-refractivity contribution >= 4 is 62.0 Å². The highest BCUT2D eigenvalue weighted by molar-refractivity contribution is 8.14. The molecular formula is C20H23N5O3S3. The maximum absolute atomic E-state index is 12.2. The molecule has 1 saturated heterocycles. The van der Waals surface area contributed by atoms with Crippen molar-refractivity contribution in [3.63, 3.8) is 0 Å². The first-order valence-electron chi connectivity index (χ1n) is 9.30. The Labute approximate surface area is 192 Å². The number of thiocarbonyl (C=S) groups is 1. The molecule has 31 heavy (non-hydrogen) atoms. The molecular weight excluding hydrogens is 454 g/mol. The number of benzene rings is 2. The number of para-hydroxylation sites is 2. The number of methoxy groups -OCH3 is 1. The minimum Gasteiger partial charge on any atom is -0.494 e. The summed E-state index contributed by atoms with van der Waals surface area (Å²) in [5.74, 6) is 1.55. The molecule has 2 aromatic rings. The van der Waals surface area contributed by atoms with Crippen LogP contribution in [-0.4, -0.2) is 68.3 Å². The van der Waals surface area contributed by atoms with E-state index < -0.39 is 10.0 Å². The number of hydrogen-bond donors (Lipinski definition) is 1. The standard InChI is InChI=1S/C20H23N5O3S3/c1-24(2)14-21-31(26,27)16-10-8-15(9-11-16)22-19(29)25-12-13-30-20(25)23-17-6-4-5-7-18(17)28-3/h4-11,14H,12-13H2,1-3H3,(H,22,29)/b21-14+,23-20?. The van der Waals surface area contributed by atoms with Crippen LogP contribution in [0.3, 0.4) is 0 Å². The highest BCUT2D eigenvalue weighted by Gasteiger charge is 2.24. The molecule has 1 aliphatic rings. The van der Waals surface area contributed by atoms with E-state index in [-0.39, 0.29) is 4.90 Å². The average Bonchev–Trinajstić information content (AvgIpc) is 3.21. The van der Waals surface area contributed by atoms with Gasteiger partial charge in [0.2, 0.25) is 0 Å². The smallest absolute Gasteiger partial charge is 0.283 e. The van der Waals surface area contributed by atoms with Crippen LogP contribution in [-0.2, 0) is 10.0 Å². The lowest BCUT2D eigenvalue weighted by Gasteiger charge is -2.20. The van der Waals surface area contributed by atoms with E-state index in [0.717, 1.165) is 23.2 Å². The topological polar surface area (TPSA) is 86.6 Å². The molecule has 0 amide bonds. The summed E-state index contributed by atoms with van der Waals surface area (Å²) in [5.41, 5.74) is 1.41. The second-order valence-corrected chi connectivity index (χ2v) is 9.76. The van der Waals surface area contributed by atoms with Crippen LogP contribution in [0.2, 0.25) is 0 Å². The van der Waals surface area contributed by atoms with Gasteiger partial charge in [0, 0.05) is 32.1 Å². The summed E-state index contributed by atoms with van der Waals surface area (Å²) in [6.45, 7) is 0.718. The molecule has 0 spiro atoms. The third-order valence-corrected chi connectivity index (χ3v) is 6.66. The molecule has 0 aromatic heterocycles. The molecule has 8 nitrogen and oxygen atoms in total. The Hall–Kier alpha value is -2.63. The Morgan fingerprint density at radius 3 is 2.61 bits per heavy atom. The van der Waals surface area contributed by atoms with Crippen molar-refractivity contribution in [1.82, 2.24) is 9.80 Å². The van der Waals surface area contributed by atoms with Crippen LogP contribution in [0.1, 0.15) is 0 Å². The molecule has 1 aliphatic heterocycles. The maximum Gasteiger partial charge on any atom is 0.283 e. The fraction of sp³-hybridized carbons (Fsp3) is 0.250. The lowest BCUT2D eigenvalue weighted by atomic mass is 10.3. The second kappa shape index (κ2) is 10.1. The van der Waals surface area contributed by atoms with Crippen molar-refractivity contribution < 1.29 is 13.2 Å². The molecule has 0 bridgehead atoms. The SMILES string of the molecule is COc1ccccc1N=C1SCCN1C(=S)Nc1ccc(S(=O)(=O)/N=C/N(C)C)cc1. The lowest BCUT2D eigenvalue weighted by Crippen LogP contribution is -2.35. The Kier molecular flexibility index (Phi) is 7.52. The third-order valence-electron chi connectivity index (χ3n) is 4.14. The van der Waals surface area contributed by atoms with E-state index in [1.54, 1.807) is 50.0 Å². The summed E-state index contributed by atoms with van der Waals surface area (Å²) in [5, 5.41) is 4.41. The van der Waals surface area contributed by atoms with Crippen LogP contribution in [0.15, 0.2) is 62.8 Å². The Balaban J connectivity index is 1.73. The van der Waals surface area contributed by atoms with Gasteiger partial charge in [0.15, 0.2) is 10.3 Å². The predicted molar refractivity (Wildman–Crippen MR) is 131 cm³/mol. The van der Waals surface area contributed by atoms with E-state index in [0.29, 0.717) is 16.5 Å². The molecule has 3 rings (SSSR count). The van der Waals surface area contributed by atoms with Crippen molar-refractivity contribution in [3.05, 3.63) is 48.5 Å². The van der Waals surface area contributed by atoms with E-state index in [4.69, 9.17) is 21.9 Å². The highest BCUT2D eigenvalue weighted by Crippen LogP contribution is 2.30. The molecule has 164 valence electrons. The fourth-order valence-electron chi connectivity index (χ4n) is 2.63. The molecule has 1 heterocycles. The summed E-state index contributed by atoms with van der Waals surface area (Å²) in [7, 11) is 1.27. The minimum atomic E-state index is -3.74. The van der Waals surface area contributed by atoms with Gasteiger partial charge in [0.05, 0.1) is 12.0 Å². The van der Waals surface area contributed by atoms with E-state index in [1.165, 1.54) is 18.5 Å². The zero-order valence-electron chi connectivity index (χ0n) is 17.3. The van der Waals surface area contributed by atoms with Crippen molar-refractivity contribution in [2.75, 3.05) is 38.8 Å². The van der Waals surface area contributed by atoms with Gasteiger partial charge in [-0.1, -0.05) is 23.9 Å². The first kappa shape index (κ1) is 23.0. The maximum atomic E-state index is 12.2. The van der Waals surface area contributed by atoms with Crippen molar-refractivity contribution in [2.24, 2.45) is 9.39 Å². The van der Waals surface area contributed by atoms with Gasteiger partial charge in [-0.3, -0.25) is 4.90 Å². The van der Waals surface area contributed by atoms with E-state index >= 15 is 0 Å². The number of anilines is 1. The quantitative estimate of drug-likeness (QED) is 0.385. The average molecular weight is 478 g/mol. The Morgan fingerprint density at radius 1 is 1.23 bits per heavy atom. The number of nitrogens with one attached hydrogen (secondary N) is 1. The highest BCUT2D eigenvalue weighted by atomic mass is 32.2. The molecule has 0 aliphatic carbocycles. The van der Waals surface area contributed by atoms with Gasteiger partial charge in [0.1, 0.15) is 17.8 Å². The Bertz CT molecular complexity index is 1100. The summed E-state index contributed by atoms with van der Waals surface area (Å²) in [6.07, 6.45) is 1.25. The fourth-order valence-corrected chi connectivity index (χ4v) is 4.85. The number of nitrogens with zero attached hydrogens (tertiary/aromatic N) is 4. The lowest BCUT2D eigenvalue weighted by molar-refractivity contribution is 0.416. The van der Waals surface area contributed by atoms with Gasteiger partial charge in [0.25, 0.3) is 10.0 Å². The van der Waals surface area contributed by atoms with Gasteiger partial charge in [-0.2, -0.15) is 8.42 Å². The summed E-state index contributed by atoms with van der Waals surface area (Å²) in [4.78, 5) is 8.29. The third kappa shape index (κ3) is 5.96. The number of aliphatic imine (C=N–C) groups is 1. The molecule has 0 atom stereocenters. The molecule has 0 radical (unpaired) electrons. The van der Waals surface area contributed by atoms with E-state index in [2.05, 4.69) is 9.71 Å². The van der Waals surface area contributed by atoms with Gasteiger partial charge >= 0.3 is 0 Å². The first-order valence-corrected chi connectivity index (χ1v) is 12.1. The second-order valence-electron chi connectivity index (χ2n) is 6.68. The van der Waals surface area contributed by atoms with Gasteiger partial charge in [-0.05, 0) is 48.6 Å². The molecule has 2 aromatic carbocycles. The first-order chi connectivity index (χ1) is 14.8. The van der Waals surface area contributed by atoms with Gasteiger partial charge in [-0.15, -0.1) is 4.40 Å². The zero-order chi connectivity index (χ0) is 22.4. The zero-order valence-corrected chi connectivity index (χ0v) is 19.8. The number of ether oxygens (including phenoxy) is 1.